The molecule has 5 nitrogen and oxygen atoms in total. The van der Waals surface area contributed by atoms with Crippen LogP contribution in [0.3, 0.4) is 0 Å². The second kappa shape index (κ2) is 9.51. The van der Waals surface area contributed by atoms with Gasteiger partial charge in [0.2, 0.25) is 5.91 Å². The van der Waals surface area contributed by atoms with Gasteiger partial charge in [0.05, 0.1) is 24.3 Å². The Morgan fingerprint density at radius 2 is 1.73 bits per heavy atom. The maximum Gasteiger partial charge on any atom is 0.242 e. The van der Waals surface area contributed by atoms with Gasteiger partial charge in [-0.3, -0.25) is 9.69 Å². The summed E-state index contributed by atoms with van der Waals surface area (Å²) in [7, 11) is 0. The molecule has 1 aromatic heterocycles. The summed E-state index contributed by atoms with van der Waals surface area (Å²) in [6, 6.07) is 18.4. The predicted octanol–water partition coefficient (Wildman–Crippen LogP) is 5.66. The minimum Gasteiger partial charge on any atom is -0.467 e. The average molecular weight is 458 g/mol. The van der Waals surface area contributed by atoms with E-state index in [0.717, 1.165) is 11.1 Å². The van der Waals surface area contributed by atoms with Crippen molar-refractivity contribution < 1.29 is 9.21 Å². The first-order chi connectivity index (χ1) is 14.6. The molecule has 2 aromatic carbocycles. The number of carbonyl (C=O) groups excluding carboxylic acids is 1. The molecule has 0 radical (unpaired) electrons. The van der Waals surface area contributed by atoms with Crippen molar-refractivity contribution in [1.29, 1.82) is 0 Å². The van der Waals surface area contributed by atoms with Crippen LogP contribution in [0.25, 0.3) is 0 Å². The van der Waals surface area contributed by atoms with Crippen LogP contribution in [0.1, 0.15) is 16.9 Å². The van der Waals surface area contributed by atoms with Gasteiger partial charge in [-0.1, -0.05) is 59.2 Å². The lowest BCUT2D eigenvalue weighted by molar-refractivity contribution is -0.126. The van der Waals surface area contributed by atoms with E-state index in [2.05, 4.69) is 10.2 Å². The van der Waals surface area contributed by atoms with Gasteiger partial charge in [0.1, 0.15) is 5.76 Å². The lowest BCUT2D eigenvalue weighted by Crippen LogP contribution is -2.32. The Morgan fingerprint density at radius 1 is 1.03 bits per heavy atom. The van der Waals surface area contributed by atoms with Gasteiger partial charge in [-0.2, -0.15) is 5.10 Å². The van der Waals surface area contributed by atoms with E-state index in [1.54, 1.807) is 35.6 Å². The number of amides is 1. The third-order valence-electron chi connectivity index (χ3n) is 4.47. The van der Waals surface area contributed by atoms with Gasteiger partial charge in [0, 0.05) is 10.0 Å². The van der Waals surface area contributed by atoms with Crippen LogP contribution in [0, 0.1) is 0 Å². The number of amidine groups is 1. The number of nitrogens with zero attached hydrogens (tertiary/aromatic N) is 3. The standard InChI is InChI=1S/C22H17Cl2N3O2S/c23-17-7-3-15(4-8-17)12-20-21(28)27(14-19-2-1-11-29-19)22(30-20)26-25-13-16-5-9-18(24)10-6-16/h1-11,13,20H,12,14H2/b25-13+,26-22-. The highest BCUT2D eigenvalue weighted by molar-refractivity contribution is 8.15. The fraction of sp³-hybridized carbons (Fsp3) is 0.136. The van der Waals surface area contributed by atoms with Gasteiger partial charge in [-0.05, 0) is 53.9 Å². The average Bonchev–Trinajstić information content (AvgIpc) is 3.35. The minimum atomic E-state index is -0.286. The topological polar surface area (TPSA) is 58.2 Å². The molecule has 0 spiro atoms. The number of hydrogen-bond acceptors (Lipinski definition) is 5. The van der Waals surface area contributed by atoms with Crippen molar-refractivity contribution in [3.05, 3.63) is 93.9 Å². The van der Waals surface area contributed by atoms with Crippen LogP contribution >= 0.6 is 35.0 Å². The molecule has 30 heavy (non-hydrogen) atoms. The van der Waals surface area contributed by atoms with E-state index >= 15 is 0 Å². The van der Waals surface area contributed by atoms with Crippen LogP contribution in [-0.2, 0) is 17.8 Å². The minimum absolute atomic E-state index is 0.0215. The summed E-state index contributed by atoms with van der Waals surface area (Å²) in [5.41, 5.74) is 1.91. The highest BCUT2D eigenvalue weighted by atomic mass is 35.5. The van der Waals surface area contributed by atoms with E-state index < -0.39 is 0 Å². The lowest BCUT2D eigenvalue weighted by atomic mass is 10.1. The fourth-order valence-electron chi connectivity index (χ4n) is 2.95. The Morgan fingerprint density at radius 3 is 2.40 bits per heavy atom. The first-order valence-electron chi connectivity index (χ1n) is 9.20. The molecule has 3 aromatic rings. The Labute approximate surface area is 188 Å². The summed E-state index contributed by atoms with van der Waals surface area (Å²) in [6.07, 6.45) is 3.80. The zero-order valence-electron chi connectivity index (χ0n) is 15.7. The molecular weight excluding hydrogens is 441 g/mol. The highest BCUT2D eigenvalue weighted by Gasteiger charge is 2.38. The number of hydrogen-bond donors (Lipinski definition) is 0. The largest absolute Gasteiger partial charge is 0.467 e. The second-order valence-electron chi connectivity index (χ2n) is 6.62. The van der Waals surface area contributed by atoms with Crippen molar-refractivity contribution in [3.63, 3.8) is 0 Å². The van der Waals surface area contributed by atoms with E-state index in [1.807, 2.05) is 42.5 Å². The third-order valence-corrected chi connectivity index (χ3v) is 6.14. The Hall–Kier alpha value is -2.54. The Kier molecular flexibility index (Phi) is 6.57. The van der Waals surface area contributed by atoms with Gasteiger partial charge in [-0.25, -0.2) is 0 Å². The van der Waals surface area contributed by atoms with Gasteiger partial charge in [0.15, 0.2) is 5.17 Å². The van der Waals surface area contributed by atoms with Crippen molar-refractivity contribution in [2.75, 3.05) is 0 Å². The van der Waals surface area contributed by atoms with Crippen LogP contribution in [0.15, 0.2) is 81.5 Å². The van der Waals surface area contributed by atoms with Gasteiger partial charge in [-0.15, -0.1) is 5.10 Å². The maximum absolute atomic E-state index is 13.1. The van der Waals surface area contributed by atoms with Crippen LogP contribution in [0.5, 0.6) is 0 Å². The molecule has 2 heterocycles. The first-order valence-corrected chi connectivity index (χ1v) is 10.8. The summed E-state index contributed by atoms with van der Waals surface area (Å²) in [6.45, 7) is 0.311. The van der Waals surface area contributed by atoms with E-state index in [9.17, 15) is 4.79 Å². The van der Waals surface area contributed by atoms with E-state index in [0.29, 0.717) is 33.9 Å². The summed E-state index contributed by atoms with van der Waals surface area (Å²) in [5, 5.41) is 10.1. The number of rotatable bonds is 6. The molecule has 0 aliphatic carbocycles. The molecule has 1 aliphatic heterocycles. The zero-order valence-corrected chi connectivity index (χ0v) is 18.1. The molecule has 8 heteroatoms. The van der Waals surface area contributed by atoms with Gasteiger partial charge < -0.3 is 4.42 Å². The zero-order chi connectivity index (χ0) is 20.9. The molecular formula is C22H17Cl2N3O2S. The monoisotopic (exact) mass is 457 g/mol. The SMILES string of the molecule is O=C1C(Cc2ccc(Cl)cc2)S/C(=N\N=C\c2ccc(Cl)cc2)N1Cc1ccco1. The van der Waals surface area contributed by atoms with Crippen molar-refractivity contribution in [3.8, 4) is 0 Å². The molecule has 4 rings (SSSR count). The lowest BCUT2D eigenvalue weighted by Gasteiger charge is -2.14. The summed E-state index contributed by atoms with van der Waals surface area (Å²) >= 11 is 13.3. The molecule has 0 N–H and O–H groups in total. The van der Waals surface area contributed by atoms with Crippen molar-refractivity contribution in [1.82, 2.24) is 4.90 Å². The number of benzene rings is 2. The van der Waals surface area contributed by atoms with Crippen molar-refractivity contribution in [2.24, 2.45) is 10.2 Å². The molecule has 1 atom stereocenters. The number of halogens is 2. The Balaban J connectivity index is 1.54. The number of carbonyl (C=O) groups is 1. The van der Waals surface area contributed by atoms with E-state index in [1.165, 1.54) is 11.8 Å². The highest BCUT2D eigenvalue weighted by Crippen LogP contribution is 2.31. The summed E-state index contributed by atoms with van der Waals surface area (Å²) in [5.74, 6) is 0.664. The van der Waals surface area contributed by atoms with Gasteiger partial charge >= 0.3 is 0 Å². The van der Waals surface area contributed by atoms with Crippen molar-refractivity contribution in [2.45, 2.75) is 18.2 Å². The molecule has 1 unspecified atom stereocenters. The van der Waals surface area contributed by atoms with Crippen molar-refractivity contribution >= 4 is 52.3 Å². The quantitative estimate of drug-likeness (QED) is 0.354. The molecule has 1 aliphatic rings. The molecule has 1 fully saturated rings. The molecule has 152 valence electrons. The molecule has 1 amide bonds. The predicted molar refractivity (Wildman–Crippen MR) is 122 cm³/mol. The summed E-state index contributed by atoms with van der Waals surface area (Å²) < 4.78 is 5.42. The molecule has 1 saturated heterocycles. The van der Waals surface area contributed by atoms with Crippen LogP contribution in [0.2, 0.25) is 10.0 Å². The van der Waals surface area contributed by atoms with E-state index in [-0.39, 0.29) is 11.2 Å². The molecule has 0 saturated carbocycles. The third kappa shape index (κ3) is 5.14. The van der Waals surface area contributed by atoms with Crippen LogP contribution in [-0.4, -0.2) is 27.4 Å². The second-order valence-corrected chi connectivity index (χ2v) is 8.66. The van der Waals surface area contributed by atoms with Crippen LogP contribution in [0.4, 0.5) is 0 Å². The smallest absolute Gasteiger partial charge is 0.242 e. The van der Waals surface area contributed by atoms with Gasteiger partial charge in [0.25, 0.3) is 0 Å². The van der Waals surface area contributed by atoms with E-state index in [4.69, 9.17) is 27.6 Å². The normalized spacial score (nSPS) is 18.1. The molecule has 0 bridgehead atoms. The maximum atomic E-state index is 13.1. The van der Waals surface area contributed by atoms with Crippen LogP contribution < -0.4 is 0 Å². The summed E-state index contributed by atoms with van der Waals surface area (Å²) in [4.78, 5) is 14.7. The number of thioether (sulfide) groups is 1. The first kappa shape index (κ1) is 20.7. The number of furan rings is 1. The fourth-order valence-corrected chi connectivity index (χ4v) is 4.33. The Bertz CT molecular complexity index is 1060.